The average Bonchev–Trinajstić information content (AvgIpc) is 2.96. The van der Waals surface area contributed by atoms with Gasteiger partial charge < -0.3 is 0 Å². The molecule has 0 amide bonds. The molecule has 0 aliphatic carbocycles. The minimum atomic E-state index is -0.257. The number of fused-ring (bicyclic) bond motifs is 1. The summed E-state index contributed by atoms with van der Waals surface area (Å²) in [6.07, 6.45) is 0. The van der Waals surface area contributed by atoms with Crippen molar-refractivity contribution in [3.63, 3.8) is 0 Å². The molecule has 0 bridgehead atoms. The SMILES string of the molecule is Cc1ccccc1-c1nc2cccc(F)c2n1-c1c(C)cccc1C. The second-order valence-corrected chi connectivity index (χ2v) is 6.43. The highest BCUT2D eigenvalue weighted by Gasteiger charge is 2.20. The Morgan fingerprint density at radius 2 is 1.40 bits per heavy atom. The van der Waals surface area contributed by atoms with E-state index in [2.05, 4.69) is 39.0 Å². The van der Waals surface area contributed by atoms with Gasteiger partial charge in [0.1, 0.15) is 17.2 Å². The monoisotopic (exact) mass is 330 g/mol. The van der Waals surface area contributed by atoms with Crippen molar-refractivity contribution in [2.24, 2.45) is 0 Å². The normalized spacial score (nSPS) is 11.2. The first-order chi connectivity index (χ1) is 12.1. The van der Waals surface area contributed by atoms with Crippen LogP contribution in [0.4, 0.5) is 4.39 Å². The molecule has 25 heavy (non-hydrogen) atoms. The lowest BCUT2D eigenvalue weighted by Crippen LogP contribution is -2.04. The molecule has 3 heteroatoms. The van der Waals surface area contributed by atoms with E-state index in [0.717, 1.165) is 33.8 Å². The van der Waals surface area contributed by atoms with Crippen molar-refractivity contribution >= 4 is 11.0 Å². The third-order valence-electron chi connectivity index (χ3n) is 4.68. The first-order valence-corrected chi connectivity index (χ1v) is 8.37. The molecule has 124 valence electrons. The molecule has 1 aromatic heterocycles. The van der Waals surface area contributed by atoms with Gasteiger partial charge >= 0.3 is 0 Å². The molecule has 0 aliphatic heterocycles. The summed E-state index contributed by atoms with van der Waals surface area (Å²) in [5, 5.41) is 0. The second-order valence-electron chi connectivity index (χ2n) is 6.43. The van der Waals surface area contributed by atoms with E-state index in [1.54, 1.807) is 6.07 Å². The van der Waals surface area contributed by atoms with Crippen molar-refractivity contribution in [2.75, 3.05) is 0 Å². The lowest BCUT2D eigenvalue weighted by Gasteiger charge is -2.16. The van der Waals surface area contributed by atoms with Crippen LogP contribution in [0.1, 0.15) is 16.7 Å². The number of halogens is 1. The largest absolute Gasteiger partial charge is 0.289 e. The number of hydrogen-bond donors (Lipinski definition) is 0. The molecule has 4 rings (SSSR count). The minimum Gasteiger partial charge on any atom is -0.289 e. The molecule has 0 aliphatic rings. The van der Waals surface area contributed by atoms with E-state index in [0.29, 0.717) is 11.0 Å². The molecular formula is C22H19FN2. The van der Waals surface area contributed by atoms with E-state index in [-0.39, 0.29) is 5.82 Å². The highest BCUT2D eigenvalue weighted by molar-refractivity contribution is 5.85. The second kappa shape index (κ2) is 5.85. The van der Waals surface area contributed by atoms with Gasteiger partial charge in [0.05, 0.1) is 11.2 Å². The minimum absolute atomic E-state index is 0.257. The summed E-state index contributed by atoms with van der Waals surface area (Å²) in [6, 6.07) is 19.3. The zero-order chi connectivity index (χ0) is 17.6. The van der Waals surface area contributed by atoms with Crippen LogP contribution in [0.15, 0.2) is 60.7 Å². The first-order valence-electron chi connectivity index (χ1n) is 8.37. The number of aryl methyl sites for hydroxylation is 3. The molecule has 0 N–H and O–H groups in total. The van der Waals surface area contributed by atoms with Gasteiger partial charge in [0, 0.05) is 5.56 Å². The Balaban J connectivity index is 2.19. The number of nitrogens with zero attached hydrogens (tertiary/aromatic N) is 2. The van der Waals surface area contributed by atoms with Crippen LogP contribution in [-0.2, 0) is 0 Å². The van der Waals surface area contributed by atoms with Crippen molar-refractivity contribution in [1.29, 1.82) is 0 Å². The van der Waals surface area contributed by atoms with Crippen LogP contribution in [0.2, 0.25) is 0 Å². The maximum atomic E-state index is 14.8. The Morgan fingerprint density at radius 3 is 2.12 bits per heavy atom. The van der Waals surface area contributed by atoms with Crippen LogP contribution < -0.4 is 0 Å². The lowest BCUT2D eigenvalue weighted by atomic mass is 10.1. The Hall–Kier alpha value is -2.94. The molecule has 0 atom stereocenters. The topological polar surface area (TPSA) is 17.8 Å². The van der Waals surface area contributed by atoms with Crippen molar-refractivity contribution in [2.45, 2.75) is 20.8 Å². The van der Waals surface area contributed by atoms with E-state index in [1.807, 2.05) is 34.9 Å². The fourth-order valence-electron chi connectivity index (χ4n) is 3.47. The highest BCUT2D eigenvalue weighted by atomic mass is 19.1. The Labute approximate surface area is 146 Å². The molecule has 0 unspecified atom stereocenters. The molecule has 3 aromatic carbocycles. The summed E-state index contributed by atoms with van der Waals surface area (Å²) < 4.78 is 16.7. The van der Waals surface area contributed by atoms with Gasteiger partial charge in [0.2, 0.25) is 0 Å². The molecule has 4 aromatic rings. The quantitative estimate of drug-likeness (QED) is 0.457. The first kappa shape index (κ1) is 15.6. The zero-order valence-corrected chi connectivity index (χ0v) is 14.5. The number of benzene rings is 3. The van der Waals surface area contributed by atoms with Gasteiger partial charge in [-0.2, -0.15) is 0 Å². The number of aromatic nitrogens is 2. The average molecular weight is 330 g/mol. The van der Waals surface area contributed by atoms with Gasteiger partial charge in [-0.1, -0.05) is 48.5 Å². The van der Waals surface area contributed by atoms with Crippen LogP contribution in [0, 0.1) is 26.6 Å². The van der Waals surface area contributed by atoms with Gasteiger partial charge in [-0.3, -0.25) is 4.57 Å². The molecule has 2 nitrogen and oxygen atoms in total. The number of imidazole rings is 1. The van der Waals surface area contributed by atoms with Gasteiger partial charge in [0.25, 0.3) is 0 Å². The fraction of sp³-hybridized carbons (Fsp3) is 0.136. The zero-order valence-electron chi connectivity index (χ0n) is 14.5. The highest BCUT2D eigenvalue weighted by Crippen LogP contribution is 2.33. The molecule has 0 spiro atoms. The third kappa shape index (κ3) is 2.43. The predicted molar refractivity (Wildman–Crippen MR) is 101 cm³/mol. The van der Waals surface area contributed by atoms with E-state index < -0.39 is 0 Å². The Bertz CT molecular complexity index is 1070. The summed E-state index contributed by atoms with van der Waals surface area (Å²) in [5.41, 5.74) is 6.51. The standard InChI is InChI=1S/C22H19FN2/c1-14-8-4-5-11-17(14)22-24-19-13-7-12-18(23)21(19)25(22)20-15(2)9-6-10-16(20)3/h4-13H,1-3H3. The van der Waals surface area contributed by atoms with E-state index in [4.69, 9.17) is 4.98 Å². The smallest absolute Gasteiger partial charge is 0.149 e. The fourth-order valence-corrected chi connectivity index (χ4v) is 3.47. The van der Waals surface area contributed by atoms with Gasteiger partial charge in [0.15, 0.2) is 0 Å². The summed E-state index contributed by atoms with van der Waals surface area (Å²) in [7, 11) is 0. The lowest BCUT2D eigenvalue weighted by molar-refractivity contribution is 0.634. The number of hydrogen-bond acceptors (Lipinski definition) is 1. The maximum Gasteiger partial charge on any atom is 0.149 e. The van der Waals surface area contributed by atoms with E-state index in [1.165, 1.54) is 6.07 Å². The summed E-state index contributed by atoms with van der Waals surface area (Å²) >= 11 is 0. The third-order valence-corrected chi connectivity index (χ3v) is 4.68. The molecule has 1 heterocycles. The van der Waals surface area contributed by atoms with Crippen LogP contribution in [0.5, 0.6) is 0 Å². The van der Waals surface area contributed by atoms with Crippen molar-refractivity contribution < 1.29 is 4.39 Å². The van der Waals surface area contributed by atoms with Crippen LogP contribution >= 0.6 is 0 Å². The van der Waals surface area contributed by atoms with Crippen LogP contribution in [0.25, 0.3) is 28.1 Å². The molecule has 0 fully saturated rings. The van der Waals surface area contributed by atoms with Crippen molar-refractivity contribution in [1.82, 2.24) is 9.55 Å². The Morgan fingerprint density at radius 1 is 0.760 bits per heavy atom. The van der Waals surface area contributed by atoms with Crippen LogP contribution in [-0.4, -0.2) is 9.55 Å². The van der Waals surface area contributed by atoms with Crippen LogP contribution in [0.3, 0.4) is 0 Å². The Kier molecular flexibility index (Phi) is 3.65. The number of para-hydroxylation sites is 2. The molecule has 0 radical (unpaired) electrons. The van der Waals surface area contributed by atoms with E-state index >= 15 is 0 Å². The van der Waals surface area contributed by atoms with Gasteiger partial charge in [-0.05, 0) is 49.6 Å². The van der Waals surface area contributed by atoms with Crippen molar-refractivity contribution in [3.8, 4) is 17.1 Å². The molecular weight excluding hydrogens is 311 g/mol. The molecule has 0 saturated heterocycles. The summed E-state index contributed by atoms with van der Waals surface area (Å²) in [4.78, 5) is 4.79. The van der Waals surface area contributed by atoms with Gasteiger partial charge in [-0.15, -0.1) is 0 Å². The summed E-state index contributed by atoms with van der Waals surface area (Å²) in [6.45, 7) is 6.16. The van der Waals surface area contributed by atoms with Crippen molar-refractivity contribution in [3.05, 3.63) is 83.2 Å². The van der Waals surface area contributed by atoms with Gasteiger partial charge in [-0.25, -0.2) is 9.37 Å². The predicted octanol–water partition coefficient (Wildman–Crippen LogP) is 5.76. The maximum absolute atomic E-state index is 14.8. The summed E-state index contributed by atoms with van der Waals surface area (Å²) in [5.74, 6) is 0.517. The molecule has 0 saturated carbocycles. The van der Waals surface area contributed by atoms with E-state index in [9.17, 15) is 4.39 Å². The number of rotatable bonds is 2.